The van der Waals surface area contributed by atoms with E-state index in [2.05, 4.69) is 10.9 Å². The highest BCUT2D eigenvalue weighted by Gasteiger charge is 2.18. The Morgan fingerprint density at radius 3 is 1.88 bits per heavy atom. The van der Waals surface area contributed by atoms with Crippen LogP contribution in [0.5, 0.6) is 5.75 Å². The third kappa shape index (κ3) is 6.80. The molecule has 33 heavy (non-hydrogen) atoms. The van der Waals surface area contributed by atoms with Crippen LogP contribution >= 0.6 is 24.4 Å². The van der Waals surface area contributed by atoms with E-state index in [1.54, 1.807) is 45.5 Å². The molecule has 0 saturated heterocycles. The van der Waals surface area contributed by atoms with Gasteiger partial charge in [-0.1, -0.05) is 42.6 Å². The Bertz CT molecular complexity index is 1100. The zero-order valence-corrected chi connectivity index (χ0v) is 20.7. The number of rotatable bonds is 6. The van der Waals surface area contributed by atoms with Crippen LogP contribution in [0.15, 0.2) is 36.4 Å². The van der Waals surface area contributed by atoms with Gasteiger partial charge in [-0.05, 0) is 43.2 Å². The highest BCUT2D eigenvalue weighted by molar-refractivity contribution is 7.80. The van der Waals surface area contributed by atoms with Crippen molar-refractivity contribution in [2.75, 3.05) is 21.2 Å². The number of hydrogen-bond acceptors (Lipinski definition) is 6. The van der Waals surface area contributed by atoms with Crippen molar-refractivity contribution in [2.45, 2.75) is 20.3 Å². The first-order valence-corrected chi connectivity index (χ1v) is 10.7. The van der Waals surface area contributed by atoms with E-state index in [1.807, 2.05) is 26.0 Å². The molecule has 0 aliphatic heterocycles. The van der Waals surface area contributed by atoms with Gasteiger partial charge < -0.3 is 4.74 Å². The van der Waals surface area contributed by atoms with Gasteiger partial charge in [0.1, 0.15) is 28.4 Å². The molecule has 0 saturated carbocycles. The van der Waals surface area contributed by atoms with E-state index < -0.39 is 18.2 Å². The van der Waals surface area contributed by atoms with Crippen molar-refractivity contribution in [2.24, 2.45) is 0 Å². The topological polar surface area (TPSA) is 91.0 Å². The average molecular weight is 487 g/mol. The lowest BCUT2D eigenvalue weighted by Crippen LogP contribution is -2.47. The highest BCUT2D eigenvalue weighted by atomic mass is 32.1. The standard InChI is InChI=1S/C23H26N4O4S2/c1-14-6-8-16(13-28)10-18(14)22(32)26(3)24-20(29)12-21(30)25-27(4)23(33)19-11-17(31-5)9-7-15(19)2/h6-11,13H,12H2,1-5H3,(H,24,29)(H,25,30). The lowest BCUT2D eigenvalue weighted by molar-refractivity contribution is -0.132. The monoisotopic (exact) mass is 486 g/mol. The van der Waals surface area contributed by atoms with Gasteiger partial charge in [-0.25, -0.2) is 0 Å². The second kappa shape index (κ2) is 11.5. The van der Waals surface area contributed by atoms with E-state index >= 15 is 0 Å². The molecule has 0 heterocycles. The summed E-state index contributed by atoms with van der Waals surface area (Å²) in [6, 6.07) is 10.6. The first-order valence-electron chi connectivity index (χ1n) is 9.93. The number of nitrogens with zero attached hydrogens (tertiary/aromatic N) is 2. The minimum absolute atomic E-state index is 0.316. The number of carbonyl (C=O) groups excluding carboxylic acids is 3. The predicted molar refractivity (Wildman–Crippen MR) is 134 cm³/mol. The van der Waals surface area contributed by atoms with Crippen molar-refractivity contribution in [3.05, 3.63) is 64.2 Å². The van der Waals surface area contributed by atoms with Gasteiger partial charge in [-0.2, -0.15) is 0 Å². The van der Waals surface area contributed by atoms with Crippen molar-refractivity contribution in [1.29, 1.82) is 0 Å². The summed E-state index contributed by atoms with van der Waals surface area (Å²) in [5.41, 5.74) is 8.78. The Kier molecular flexibility index (Phi) is 9.01. The molecule has 0 aliphatic carbocycles. The summed E-state index contributed by atoms with van der Waals surface area (Å²) >= 11 is 10.9. The molecule has 2 aromatic rings. The van der Waals surface area contributed by atoms with Crippen LogP contribution in [-0.4, -0.2) is 59.3 Å². The third-order valence-electron chi connectivity index (χ3n) is 4.82. The summed E-state index contributed by atoms with van der Waals surface area (Å²) in [6.07, 6.45) is 0.285. The zero-order chi connectivity index (χ0) is 24.7. The molecular formula is C23H26N4O4S2. The van der Waals surface area contributed by atoms with E-state index in [0.29, 0.717) is 26.9 Å². The van der Waals surface area contributed by atoms with E-state index in [9.17, 15) is 14.4 Å². The van der Waals surface area contributed by atoms with Crippen molar-refractivity contribution in [3.8, 4) is 5.75 Å². The Balaban J connectivity index is 1.96. The number of methoxy groups -OCH3 is 1. The maximum absolute atomic E-state index is 12.4. The van der Waals surface area contributed by atoms with Gasteiger partial charge in [0.05, 0.1) is 7.11 Å². The molecular weight excluding hydrogens is 460 g/mol. The first kappa shape index (κ1) is 25.9. The summed E-state index contributed by atoms with van der Waals surface area (Å²) < 4.78 is 5.23. The first-order chi connectivity index (χ1) is 15.6. The normalized spacial score (nSPS) is 10.1. The Labute approximate surface area is 203 Å². The Morgan fingerprint density at radius 1 is 0.909 bits per heavy atom. The fourth-order valence-corrected chi connectivity index (χ4v) is 3.49. The summed E-state index contributed by atoms with van der Waals surface area (Å²) in [5, 5.41) is 2.73. The fourth-order valence-electron chi connectivity index (χ4n) is 2.96. The van der Waals surface area contributed by atoms with Crippen LogP contribution < -0.4 is 15.6 Å². The maximum Gasteiger partial charge on any atom is 0.248 e. The van der Waals surface area contributed by atoms with Gasteiger partial charge in [-0.15, -0.1) is 0 Å². The van der Waals surface area contributed by atoms with Crippen LogP contribution in [0.4, 0.5) is 0 Å². The molecule has 0 fully saturated rings. The van der Waals surface area contributed by atoms with Crippen molar-refractivity contribution >= 4 is 52.5 Å². The zero-order valence-electron chi connectivity index (χ0n) is 19.1. The van der Waals surface area contributed by atoms with Gasteiger partial charge in [0.25, 0.3) is 0 Å². The summed E-state index contributed by atoms with van der Waals surface area (Å²) in [5.74, 6) is -0.459. The third-order valence-corrected chi connectivity index (χ3v) is 5.81. The number of ether oxygens (including phenoxy) is 1. The molecule has 0 aliphatic rings. The van der Waals surface area contributed by atoms with Crippen molar-refractivity contribution < 1.29 is 19.1 Å². The number of aryl methyl sites for hydroxylation is 2. The minimum atomic E-state index is -0.557. The molecule has 0 spiro atoms. The van der Waals surface area contributed by atoms with Crippen LogP contribution in [0.3, 0.4) is 0 Å². The summed E-state index contributed by atoms with van der Waals surface area (Å²) in [7, 11) is 4.73. The minimum Gasteiger partial charge on any atom is -0.497 e. The summed E-state index contributed by atoms with van der Waals surface area (Å²) in [6.45, 7) is 3.75. The Hall–Kier alpha value is -3.37. The highest BCUT2D eigenvalue weighted by Crippen LogP contribution is 2.18. The maximum atomic E-state index is 12.4. The van der Waals surface area contributed by atoms with Crippen LogP contribution in [0.25, 0.3) is 0 Å². The molecule has 0 bridgehead atoms. The number of nitrogens with one attached hydrogen (secondary N) is 2. The summed E-state index contributed by atoms with van der Waals surface area (Å²) in [4.78, 5) is 36.5. The van der Waals surface area contributed by atoms with Crippen LogP contribution in [0.2, 0.25) is 0 Å². The lowest BCUT2D eigenvalue weighted by atomic mass is 10.1. The molecule has 0 atom stereocenters. The lowest BCUT2D eigenvalue weighted by Gasteiger charge is -2.24. The molecule has 174 valence electrons. The van der Waals surface area contributed by atoms with E-state index in [1.165, 1.54) is 10.0 Å². The molecule has 2 N–H and O–H groups in total. The molecule has 0 aromatic heterocycles. The van der Waals surface area contributed by atoms with E-state index in [0.717, 1.165) is 23.0 Å². The van der Waals surface area contributed by atoms with Gasteiger partial charge in [0.2, 0.25) is 11.8 Å². The number of hydrogen-bond donors (Lipinski definition) is 2. The molecule has 10 heteroatoms. The molecule has 0 radical (unpaired) electrons. The number of benzene rings is 2. The van der Waals surface area contributed by atoms with Crippen molar-refractivity contribution in [1.82, 2.24) is 20.9 Å². The largest absolute Gasteiger partial charge is 0.497 e. The number of carbonyl (C=O) groups is 3. The average Bonchev–Trinajstić information content (AvgIpc) is 2.78. The van der Waals surface area contributed by atoms with Crippen molar-refractivity contribution in [3.63, 3.8) is 0 Å². The quantitative estimate of drug-likeness (QED) is 0.279. The smallest absolute Gasteiger partial charge is 0.248 e. The predicted octanol–water partition coefficient (Wildman–Crippen LogP) is 2.49. The number of amides is 2. The van der Waals surface area contributed by atoms with Gasteiger partial charge in [-0.3, -0.25) is 35.3 Å². The Morgan fingerprint density at radius 2 is 1.39 bits per heavy atom. The molecule has 2 aromatic carbocycles. The number of thiocarbonyl (C=S) groups is 2. The van der Waals surface area contributed by atoms with E-state index in [4.69, 9.17) is 29.2 Å². The van der Waals surface area contributed by atoms with Crippen LogP contribution in [-0.2, 0) is 9.59 Å². The van der Waals surface area contributed by atoms with Crippen LogP contribution in [0.1, 0.15) is 39.0 Å². The van der Waals surface area contributed by atoms with Crippen LogP contribution in [0, 0.1) is 13.8 Å². The van der Waals surface area contributed by atoms with Gasteiger partial charge in [0, 0.05) is 30.8 Å². The second-order valence-corrected chi connectivity index (χ2v) is 8.12. The van der Waals surface area contributed by atoms with Gasteiger partial charge >= 0.3 is 0 Å². The second-order valence-electron chi connectivity index (χ2n) is 7.35. The molecule has 2 rings (SSSR count). The fraction of sp³-hybridized carbons (Fsp3) is 0.261. The molecule has 2 amide bonds. The molecule has 0 unspecified atom stereocenters. The number of hydrazine groups is 2. The number of aldehydes is 1. The SMILES string of the molecule is COc1ccc(C)c(C(=S)N(C)NC(=O)CC(=O)NN(C)C(=S)c2cc(C=O)ccc2C)c1. The van der Waals surface area contributed by atoms with E-state index in [-0.39, 0.29) is 0 Å². The van der Waals surface area contributed by atoms with Gasteiger partial charge in [0.15, 0.2) is 0 Å². The molecule has 8 nitrogen and oxygen atoms in total.